The van der Waals surface area contributed by atoms with Crippen LogP contribution in [0.2, 0.25) is 0 Å². The van der Waals surface area contributed by atoms with Crippen molar-refractivity contribution in [3.63, 3.8) is 0 Å². The minimum atomic E-state index is 0.624. The largest absolute Gasteiger partial charge is 0.363 e. The van der Waals surface area contributed by atoms with Crippen LogP contribution in [-0.4, -0.2) is 30.2 Å². The van der Waals surface area contributed by atoms with Crippen LogP contribution in [0.15, 0.2) is 23.0 Å². The van der Waals surface area contributed by atoms with E-state index in [1.54, 1.807) is 22.9 Å². The molecular formula is C8H7N7S. The van der Waals surface area contributed by atoms with Gasteiger partial charge in [-0.3, -0.25) is 0 Å². The highest BCUT2D eigenvalue weighted by atomic mass is 32.1. The Morgan fingerprint density at radius 3 is 3.25 bits per heavy atom. The van der Waals surface area contributed by atoms with Crippen molar-refractivity contribution in [2.75, 3.05) is 5.32 Å². The number of tetrazole rings is 1. The Hall–Kier alpha value is -2.09. The second kappa shape index (κ2) is 3.81. The minimum absolute atomic E-state index is 0.624. The fraction of sp³-hybridized carbons (Fsp3) is 0.125. The Kier molecular flexibility index (Phi) is 2.18. The van der Waals surface area contributed by atoms with Gasteiger partial charge in [0.25, 0.3) is 0 Å². The van der Waals surface area contributed by atoms with Crippen molar-refractivity contribution in [1.82, 2.24) is 30.2 Å². The molecule has 0 saturated carbocycles. The first kappa shape index (κ1) is 9.16. The first-order valence-corrected chi connectivity index (χ1v) is 5.52. The molecule has 8 heteroatoms. The third kappa shape index (κ3) is 1.70. The van der Waals surface area contributed by atoms with Gasteiger partial charge in [0.05, 0.1) is 17.7 Å². The van der Waals surface area contributed by atoms with Crippen LogP contribution < -0.4 is 5.32 Å². The fourth-order valence-electron chi connectivity index (χ4n) is 1.25. The molecule has 0 spiro atoms. The van der Waals surface area contributed by atoms with Crippen LogP contribution in [-0.2, 0) is 6.54 Å². The molecule has 0 aliphatic heterocycles. The Morgan fingerprint density at radius 2 is 2.38 bits per heavy atom. The zero-order valence-corrected chi connectivity index (χ0v) is 8.92. The van der Waals surface area contributed by atoms with Crippen molar-refractivity contribution in [2.24, 2.45) is 0 Å². The number of nitrogens with zero attached hydrogens (tertiary/aromatic N) is 6. The lowest BCUT2D eigenvalue weighted by atomic mass is 10.4. The van der Waals surface area contributed by atoms with Crippen LogP contribution in [0.4, 0.5) is 5.82 Å². The quantitative estimate of drug-likeness (QED) is 0.713. The molecule has 0 fully saturated rings. The second-order valence-electron chi connectivity index (χ2n) is 3.08. The molecule has 3 rings (SSSR count). The molecule has 7 nitrogen and oxygen atoms in total. The van der Waals surface area contributed by atoms with Gasteiger partial charge in [0, 0.05) is 5.38 Å². The van der Waals surface area contributed by atoms with E-state index in [0.29, 0.717) is 18.0 Å². The van der Waals surface area contributed by atoms with Crippen molar-refractivity contribution in [2.45, 2.75) is 6.54 Å². The fourth-order valence-corrected chi connectivity index (χ4v) is 1.81. The van der Waals surface area contributed by atoms with E-state index in [-0.39, 0.29) is 0 Å². The number of hydrogen-bond donors (Lipinski definition) is 1. The molecule has 0 saturated heterocycles. The Balaban J connectivity index is 1.78. The van der Waals surface area contributed by atoms with Crippen LogP contribution in [0.3, 0.4) is 0 Å². The molecule has 0 unspecified atom stereocenters. The Labute approximate surface area is 94.1 Å². The number of rotatable bonds is 3. The summed E-state index contributed by atoms with van der Waals surface area (Å²) in [6.45, 7) is 0.643. The molecule has 0 atom stereocenters. The smallest absolute Gasteiger partial charge is 0.200 e. The summed E-state index contributed by atoms with van der Waals surface area (Å²) < 4.78 is 1.38. The third-order valence-electron chi connectivity index (χ3n) is 2.00. The van der Waals surface area contributed by atoms with Gasteiger partial charge in [-0.25, -0.2) is 4.98 Å². The maximum Gasteiger partial charge on any atom is 0.200 e. The number of aromatic nitrogens is 6. The van der Waals surface area contributed by atoms with E-state index in [0.717, 1.165) is 5.69 Å². The van der Waals surface area contributed by atoms with E-state index in [1.165, 1.54) is 4.63 Å². The van der Waals surface area contributed by atoms with Crippen LogP contribution in [0.5, 0.6) is 0 Å². The highest BCUT2D eigenvalue weighted by Crippen LogP contribution is 2.06. The molecule has 3 heterocycles. The Morgan fingerprint density at radius 1 is 1.38 bits per heavy atom. The molecule has 0 aliphatic carbocycles. The molecule has 3 aromatic rings. The van der Waals surface area contributed by atoms with Gasteiger partial charge in [-0.2, -0.15) is 0 Å². The number of nitrogens with one attached hydrogen (secondary N) is 1. The van der Waals surface area contributed by atoms with E-state index in [2.05, 4.69) is 30.9 Å². The van der Waals surface area contributed by atoms with Gasteiger partial charge in [-0.05, 0) is 22.6 Å². The first-order valence-electron chi connectivity index (χ1n) is 4.58. The number of fused-ring (bicyclic) bond motifs is 1. The average molecular weight is 233 g/mol. The zero-order valence-electron chi connectivity index (χ0n) is 8.11. The highest BCUT2D eigenvalue weighted by Gasteiger charge is 2.00. The average Bonchev–Trinajstić information content (AvgIpc) is 2.97. The predicted octanol–water partition coefficient (Wildman–Crippen LogP) is 0.588. The predicted molar refractivity (Wildman–Crippen MR) is 58.0 cm³/mol. The summed E-state index contributed by atoms with van der Waals surface area (Å²) in [6.07, 6.45) is 0. The van der Waals surface area contributed by atoms with Crippen LogP contribution >= 0.6 is 11.3 Å². The third-order valence-corrected chi connectivity index (χ3v) is 2.64. The second-order valence-corrected chi connectivity index (χ2v) is 3.80. The Bertz CT molecular complexity index is 587. The molecule has 0 radical (unpaired) electrons. The maximum atomic E-state index is 4.18. The lowest BCUT2D eigenvalue weighted by molar-refractivity contribution is 0.733. The first-order chi connectivity index (χ1) is 7.92. The van der Waals surface area contributed by atoms with Crippen LogP contribution in [0.1, 0.15) is 5.69 Å². The summed E-state index contributed by atoms with van der Waals surface area (Å²) in [6, 6.07) is 3.63. The molecule has 80 valence electrons. The summed E-state index contributed by atoms with van der Waals surface area (Å²) in [5, 5.41) is 20.3. The maximum absolute atomic E-state index is 4.18. The van der Waals surface area contributed by atoms with E-state index >= 15 is 0 Å². The van der Waals surface area contributed by atoms with Gasteiger partial charge in [0.1, 0.15) is 5.82 Å². The SMILES string of the molecule is c1nc(CNc2ccc3nnnn3n2)cs1. The molecule has 0 aromatic carbocycles. The van der Waals surface area contributed by atoms with Gasteiger partial charge < -0.3 is 5.32 Å². The standard InChI is InChI=1S/C8H7N7S/c1-2-8-11-13-14-15(8)12-7(1)9-3-6-4-16-5-10-6/h1-2,4-5H,3H2,(H,9,12). The van der Waals surface area contributed by atoms with Crippen molar-refractivity contribution in [1.29, 1.82) is 0 Å². The summed E-state index contributed by atoms with van der Waals surface area (Å²) in [7, 11) is 0. The normalized spacial score (nSPS) is 10.8. The molecule has 3 aromatic heterocycles. The lowest BCUT2D eigenvalue weighted by Crippen LogP contribution is -2.04. The van der Waals surface area contributed by atoms with Crippen molar-refractivity contribution in [3.8, 4) is 0 Å². The molecule has 0 aliphatic rings. The van der Waals surface area contributed by atoms with Gasteiger partial charge in [-0.15, -0.1) is 26.2 Å². The lowest BCUT2D eigenvalue weighted by Gasteiger charge is -2.01. The van der Waals surface area contributed by atoms with Crippen molar-refractivity contribution < 1.29 is 0 Å². The summed E-state index contributed by atoms with van der Waals surface area (Å²) in [4.78, 5) is 4.16. The molecular weight excluding hydrogens is 226 g/mol. The number of hydrogen-bond acceptors (Lipinski definition) is 7. The van der Waals surface area contributed by atoms with E-state index in [4.69, 9.17) is 0 Å². The van der Waals surface area contributed by atoms with Gasteiger partial charge in [-0.1, -0.05) is 0 Å². The van der Waals surface area contributed by atoms with E-state index in [1.807, 2.05) is 11.4 Å². The van der Waals surface area contributed by atoms with Crippen molar-refractivity contribution in [3.05, 3.63) is 28.7 Å². The minimum Gasteiger partial charge on any atom is -0.363 e. The zero-order chi connectivity index (χ0) is 10.8. The molecule has 0 amide bonds. The van der Waals surface area contributed by atoms with Gasteiger partial charge in [0.2, 0.25) is 0 Å². The van der Waals surface area contributed by atoms with Crippen LogP contribution in [0, 0.1) is 0 Å². The van der Waals surface area contributed by atoms with E-state index in [9.17, 15) is 0 Å². The number of anilines is 1. The highest BCUT2D eigenvalue weighted by molar-refractivity contribution is 7.07. The van der Waals surface area contributed by atoms with Gasteiger partial charge >= 0.3 is 0 Å². The summed E-state index contributed by atoms with van der Waals surface area (Å²) >= 11 is 1.57. The molecule has 1 N–H and O–H groups in total. The summed E-state index contributed by atoms with van der Waals surface area (Å²) in [5.41, 5.74) is 3.41. The van der Waals surface area contributed by atoms with Crippen LogP contribution in [0.25, 0.3) is 5.65 Å². The number of thiazole rings is 1. The topological polar surface area (TPSA) is 80.9 Å². The summed E-state index contributed by atoms with van der Waals surface area (Å²) in [5.74, 6) is 0.716. The monoisotopic (exact) mass is 233 g/mol. The molecule has 0 bridgehead atoms. The van der Waals surface area contributed by atoms with Gasteiger partial charge in [0.15, 0.2) is 5.65 Å². The molecule has 16 heavy (non-hydrogen) atoms. The van der Waals surface area contributed by atoms with Crippen molar-refractivity contribution >= 4 is 22.8 Å². The van der Waals surface area contributed by atoms with E-state index < -0.39 is 0 Å².